The standard InChI is InChI=1S/C13H17NO2/c1-4-10(9-14)13(2,15)11-7-5-6-8-12(11)16-3/h5-8,10,15H,4H2,1-3H3. The zero-order valence-electron chi connectivity index (χ0n) is 9.90. The number of benzene rings is 1. The van der Waals surface area contributed by atoms with Crippen LogP contribution in [0.2, 0.25) is 0 Å². The molecule has 3 heteroatoms. The van der Waals surface area contributed by atoms with Crippen LogP contribution < -0.4 is 4.74 Å². The van der Waals surface area contributed by atoms with Gasteiger partial charge in [-0.3, -0.25) is 0 Å². The highest BCUT2D eigenvalue weighted by atomic mass is 16.5. The summed E-state index contributed by atoms with van der Waals surface area (Å²) >= 11 is 0. The zero-order chi connectivity index (χ0) is 12.2. The van der Waals surface area contributed by atoms with Crippen molar-refractivity contribution in [2.45, 2.75) is 25.9 Å². The quantitative estimate of drug-likeness (QED) is 0.846. The molecule has 0 aliphatic carbocycles. The third-order valence-electron chi connectivity index (χ3n) is 2.89. The van der Waals surface area contributed by atoms with Gasteiger partial charge in [0.2, 0.25) is 0 Å². The molecule has 1 aromatic carbocycles. The van der Waals surface area contributed by atoms with Gasteiger partial charge in [0.05, 0.1) is 19.1 Å². The molecule has 0 radical (unpaired) electrons. The largest absolute Gasteiger partial charge is 0.496 e. The fourth-order valence-electron chi connectivity index (χ4n) is 1.86. The predicted octanol–water partition coefficient (Wildman–Crippen LogP) is 2.45. The predicted molar refractivity (Wildman–Crippen MR) is 62.0 cm³/mol. The SMILES string of the molecule is CCC(C#N)C(C)(O)c1ccccc1OC. The first kappa shape index (κ1) is 12.5. The van der Waals surface area contributed by atoms with Gasteiger partial charge < -0.3 is 9.84 Å². The smallest absolute Gasteiger partial charge is 0.124 e. The highest BCUT2D eigenvalue weighted by Crippen LogP contribution is 2.36. The second-order valence-electron chi connectivity index (χ2n) is 3.94. The number of hydrogen-bond donors (Lipinski definition) is 1. The molecule has 2 atom stereocenters. The van der Waals surface area contributed by atoms with E-state index in [0.717, 1.165) is 0 Å². The molecule has 16 heavy (non-hydrogen) atoms. The Morgan fingerprint density at radius 2 is 2.12 bits per heavy atom. The Balaban J connectivity index is 3.21. The van der Waals surface area contributed by atoms with Gasteiger partial charge in [-0.15, -0.1) is 0 Å². The van der Waals surface area contributed by atoms with Crippen molar-refractivity contribution in [3.63, 3.8) is 0 Å². The lowest BCUT2D eigenvalue weighted by atomic mass is 9.82. The Kier molecular flexibility index (Phi) is 3.92. The fourth-order valence-corrected chi connectivity index (χ4v) is 1.86. The molecule has 1 N–H and O–H groups in total. The lowest BCUT2D eigenvalue weighted by Gasteiger charge is -2.29. The van der Waals surface area contributed by atoms with Gasteiger partial charge in [-0.1, -0.05) is 25.1 Å². The van der Waals surface area contributed by atoms with Crippen LogP contribution in [0.4, 0.5) is 0 Å². The number of nitrogens with zero attached hydrogens (tertiary/aromatic N) is 1. The molecule has 0 bridgehead atoms. The molecule has 0 aliphatic heterocycles. The number of para-hydroxylation sites is 1. The molecule has 2 unspecified atom stereocenters. The lowest BCUT2D eigenvalue weighted by Crippen LogP contribution is -2.31. The second kappa shape index (κ2) is 5.00. The van der Waals surface area contributed by atoms with Crippen molar-refractivity contribution >= 4 is 0 Å². The van der Waals surface area contributed by atoms with E-state index < -0.39 is 11.5 Å². The molecule has 3 nitrogen and oxygen atoms in total. The minimum atomic E-state index is -1.18. The van der Waals surface area contributed by atoms with Gasteiger partial charge in [-0.2, -0.15) is 5.26 Å². The topological polar surface area (TPSA) is 53.2 Å². The van der Waals surface area contributed by atoms with E-state index in [4.69, 9.17) is 10.00 Å². The third-order valence-corrected chi connectivity index (χ3v) is 2.89. The number of methoxy groups -OCH3 is 1. The molecular weight excluding hydrogens is 202 g/mol. The summed E-state index contributed by atoms with van der Waals surface area (Å²) in [5.74, 6) is 0.171. The van der Waals surface area contributed by atoms with Crippen LogP contribution in [-0.2, 0) is 5.60 Å². The molecule has 0 amide bonds. The summed E-state index contributed by atoms with van der Waals surface area (Å²) < 4.78 is 5.20. The first-order valence-corrected chi connectivity index (χ1v) is 5.33. The number of nitriles is 1. The lowest BCUT2D eigenvalue weighted by molar-refractivity contribution is 0.0130. The highest BCUT2D eigenvalue weighted by molar-refractivity contribution is 5.38. The van der Waals surface area contributed by atoms with Gasteiger partial charge in [0.1, 0.15) is 11.4 Å². The zero-order valence-corrected chi connectivity index (χ0v) is 9.90. The van der Waals surface area contributed by atoms with E-state index in [2.05, 4.69) is 6.07 Å². The van der Waals surface area contributed by atoms with Gasteiger partial charge in [0.25, 0.3) is 0 Å². The molecule has 0 heterocycles. The second-order valence-corrected chi connectivity index (χ2v) is 3.94. The average Bonchev–Trinajstić information content (AvgIpc) is 2.30. The number of ether oxygens (including phenoxy) is 1. The van der Waals surface area contributed by atoms with E-state index in [1.165, 1.54) is 0 Å². The van der Waals surface area contributed by atoms with E-state index >= 15 is 0 Å². The molecule has 0 aromatic heterocycles. The maximum Gasteiger partial charge on any atom is 0.124 e. The maximum absolute atomic E-state index is 10.5. The Bertz CT molecular complexity index is 393. The van der Waals surface area contributed by atoms with Crippen molar-refractivity contribution < 1.29 is 9.84 Å². The van der Waals surface area contributed by atoms with Gasteiger partial charge in [-0.05, 0) is 19.4 Å². The Labute approximate surface area is 96.3 Å². The van der Waals surface area contributed by atoms with Crippen molar-refractivity contribution in [1.29, 1.82) is 5.26 Å². The summed E-state index contributed by atoms with van der Waals surface area (Å²) in [7, 11) is 1.56. The van der Waals surface area contributed by atoms with E-state index in [-0.39, 0.29) is 0 Å². The van der Waals surface area contributed by atoms with Crippen molar-refractivity contribution in [3.8, 4) is 11.8 Å². The molecule has 0 aliphatic rings. The Hall–Kier alpha value is -1.53. The van der Waals surface area contributed by atoms with Crippen molar-refractivity contribution in [2.75, 3.05) is 7.11 Å². The first-order chi connectivity index (χ1) is 7.57. The summed E-state index contributed by atoms with van der Waals surface area (Å²) in [6, 6.07) is 9.38. The van der Waals surface area contributed by atoms with Crippen LogP contribution >= 0.6 is 0 Å². The van der Waals surface area contributed by atoms with Gasteiger partial charge in [0.15, 0.2) is 0 Å². The summed E-state index contributed by atoms with van der Waals surface area (Å²) in [5, 5.41) is 19.5. The number of rotatable bonds is 4. The van der Waals surface area contributed by atoms with Crippen LogP contribution in [0.3, 0.4) is 0 Å². The maximum atomic E-state index is 10.5. The third kappa shape index (κ3) is 2.17. The van der Waals surface area contributed by atoms with Crippen molar-refractivity contribution in [2.24, 2.45) is 5.92 Å². The van der Waals surface area contributed by atoms with Crippen molar-refractivity contribution in [3.05, 3.63) is 29.8 Å². The number of hydrogen-bond acceptors (Lipinski definition) is 3. The molecule has 0 spiro atoms. The van der Waals surface area contributed by atoms with Gasteiger partial charge in [0, 0.05) is 5.56 Å². The van der Waals surface area contributed by atoms with E-state index in [9.17, 15) is 5.11 Å². The van der Waals surface area contributed by atoms with Gasteiger partial charge in [-0.25, -0.2) is 0 Å². The van der Waals surface area contributed by atoms with E-state index in [1.54, 1.807) is 26.2 Å². The first-order valence-electron chi connectivity index (χ1n) is 5.33. The molecule has 1 aromatic rings. The van der Waals surface area contributed by atoms with Crippen LogP contribution in [0.25, 0.3) is 0 Å². The molecular formula is C13H17NO2. The van der Waals surface area contributed by atoms with E-state index in [0.29, 0.717) is 17.7 Å². The molecule has 0 saturated carbocycles. The minimum Gasteiger partial charge on any atom is -0.496 e. The normalized spacial score (nSPS) is 15.9. The summed E-state index contributed by atoms with van der Waals surface area (Å²) in [6.07, 6.45) is 0.599. The minimum absolute atomic E-state index is 0.441. The number of aliphatic hydroxyl groups is 1. The summed E-state index contributed by atoms with van der Waals surface area (Å²) in [5.41, 5.74) is -0.526. The Morgan fingerprint density at radius 1 is 1.50 bits per heavy atom. The van der Waals surface area contributed by atoms with Crippen LogP contribution in [0, 0.1) is 17.2 Å². The van der Waals surface area contributed by atoms with Crippen LogP contribution in [-0.4, -0.2) is 12.2 Å². The van der Waals surface area contributed by atoms with Crippen LogP contribution in [0.15, 0.2) is 24.3 Å². The highest BCUT2D eigenvalue weighted by Gasteiger charge is 2.34. The van der Waals surface area contributed by atoms with E-state index in [1.807, 2.05) is 19.1 Å². The summed E-state index contributed by atoms with van der Waals surface area (Å²) in [6.45, 7) is 3.54. The monoisotopic (exact) mass is 219 g/mol. The van der Waals surface area contributed by atoms with Crippen molar-refractivity contribution in [1.82, 2.24) is 0 Å². The molecule has 86 valence electrons. The molecule has 1 rings (SSSR count). The molecule has 0 saturated heterocycles. The molecule has 0 fully saturated rings. The fraction of sp³-hybridized carbons (Fsp3) is 0.462. The van der Waals surface area contributed by atoms with Gasteiger partial charge >= 0.3 is 0 Å². The Morgan fingerprint density at radius 3 is 2.62 bits per heavy atom. The van der Waals surface area contributed by atoms with Crippen LogP contribution in [0.1, 0.15) is 25.8 Å². The summed E-state index contributed by atoms with van der Waals surface area (Å²) in [4.78, 5) is 0. The van der Waals surface area contributed by atoms with Crippen LogP contribution in [0.5, 0.6) is 5.75 Å². The average molecular weight is 219 g/mol.